The highest BCUT2D eigenvalue weighted by Gasteiger charge is 1.52. The molecular formula is CN4. The molecule has 0 rings (SSSR count). The van der Waals surface area contributed by atoms with Crippen molar-refractivity contribution in [2.24, 2.45) is 0 Å². The normalized spacial score (nSPS) is 3.20. The average Bonchev–Trinajstić information content (AvgIpc) is 1.41. The van der Waals surface area contributed by atoms with Gasteiger partial charge in [0.15, 0.2) is 0 Å². The van der Waals surface area contributed by atoms with Crippen LogP contribution in [0.3, 0.4) is 0 Å². The van der Waals surface area contributed by atoms with Crippen LogP contribution in [0.15, 0.2) is 0 Å². The Kier molecular flexibility index (Phi) is 2.13. The molecule has 0 saturated heterocycles. The minimum absolute atomic E-state index is 1.47. The van der Waals surface area contributed by atoms with Gasteiger partial charge in [0.2, 0.25) is 0 Å². The van der Waals surface area contributed by atoms with Crippen LogP contribution >= 0.6 is 0 Å². The van der Waals surface area contributed by atoms with Crippen LogP contribution < -0.4 is 0 Å². The lowest BCUT2D eigenvalue weighted by Gasteiger charge is -1.16. The molecule has 5 heavy (non-hydrogen) atoms. The maximum absolute atomic E-state index is 7.33. The zero-order valence-corrected chi connectivity index (χ0v) is 2.29. The van der Waals surface area contributed by atoms with Gasteiger partial charge in [0.05, 0.1) is 0 Å². The van der Waals surface area contributed by atoms with E-state index in [2.05, 4.69) is 9.58 Å². The van der Waals surface area contributed by atoms with E-state index in [1.54, 1.807) is 0 Å². The predicted molar refractivity (Wildman–Crippen MR) is 12.2 cm³/mol. The number of hydrogen-bond acceptors (Lipinski definition) is 0. The Morgan fingerprint density at radius 3 is 1.60 bits per heavy atom. The van der Waals surface area contributed by atoms with E-state index in [0.717, 1.165) is 0 Å². The fraction of sp³-hybridized carbons (Fsp3) is 0. The van der Waals surface area contributed by atoms with Gasteiger partial charge in [-0.15, -0.1) is 0 Å². The molecule has 0 amide bonds. The fourth-order valence-electron chi connectivity index (χ4n) is 0.0200. The van der Waals surface area contributed by atoms with Crippen molar-refractivity contribution in [1.29, 1.82) is 0 Å². The molecule has 0 aromatic heterocycles. The standard InChI is InChI=1S/CN4/c2-4-1-5-3. The second kappa shape index (κ2) is 2.80. The van der Waals surface area contributed by atoms with E-state index < -0.39 is 0 Å². The monoisotopic (exact) mass is 68.0 g/mol. The Morgan fingerprint density at radius 2 is 1.60 bits per heavy atom. The molecular weight excluding hydrogens is 68.0 g/mol. The van der Waals surface area contributed by atoms with Crippen LogP contribution in [0.4, 0.5) is 0 Å². The van der Waals surface area contributed by atoms with E-state index in [4.69, 9.17) is 11.1 Å². The minimum Gasteiger partial charge on any atom is -0.341 e. The van der Waals surface area contributed by atoms with Gasteiger partial charge in [-0.25, -0.2) is 0 Å². The van der Waals surface area contributed by atoms with Gasteiger partial charge in [0.1, 0.15) is 0 Å². The van der Waals surface area contributed by atoms with Crippen molar-refractivity contribution >= 4 is 6.01 Å². The van der Waals surface area contributed by atoms with Crippen molar-refractivity contribution in [3.63, 3.8) is 0 Å². The molecule has 4 heteroatoms. The molecule has 0 radical (unpaired) electrons. The molecule has 0 fully saturated rings. The Labute approximate surface area is 27.9 Å². The van der Waals surface area contributed by atoms with Gasteiger partial charge in [0, 0.05) is 0 Å². The lowest BCUT2D eigenvalue weighted by Crippen LogP contribution is -1.47. The largest absolute Gasteiger partial charge is 0.738 e. The molecule has 24 valence electrons. The molecule has 0 heterocycles. The summed E-state index contributed by atoms with van der Waals surface area (Å²) < 4.78 is 0. The second-order valence-corrected chi connectivity index (χ2v) is 0.300. The van der Waals surface area contributed by atoms with E-state index in [1.165, 1.54) is 6.01 Å². The lowest BCUT2D eigenvalue weighted by atomic mass is 11.6. The molecule has 0 unspecified atom stereocenters. The van der Waals surface area contributed by atoms with Crippen molar-refractivity contribution in [3.05, 3.63) is 11.1 Å². The Hall–Kier alpha value is -1.20. The highest BCUT2D eigenvalue weighted by Crippen LogP contribution is 1.06. The molecule has 0 saturated carbocycles. The van der Waals surface area contributed by atoms with Crippen LogP contribution in [0.25, 0.3) is 11.1 Å². The van der Waals surface area contributed by atoms with Gasteiger partial charge >= 0.3 is 6.01 Å². The molecule has 0 aliphatic carbocycles. The van der Waals surface area contributed by atoms with Gasteiger partial charge in [-0.05, 0) is 9.58 Å². The van der Waals surface area contributed by atoms with Crippen molar-refractivity contribution in [2.75, 3.05) is 0 Å². The summed E-state index contributed by atoms with van der Waals surface area (Å²) in [6.45, 7) is 0. The maximum atomic E-state index is 7.33. The molecule has 0 aliphatic heterocycles. The first-order chi connectivity index (χ1) is 2.41. The number of rotatable bonds is 0. The topological polar surface area (TPSA) is 72.8 Å². The third-order valence-electron chi connectivity index (χ3n) is 0.0894. The first-order valence-electron chi connectivity index (χ1n) is 0.847. The Bertz CT molecular complexity index is 95.6. The smallest absolute Gasteiger partial charge is 0.341 e. The minimum atomic E-state index is 1.47. The molecule has 4 nitrogen and oxygen atoms in total. The fourth-order valence-corrected chi connectivity index (χ4v) is 0.0200. The summed E-state index contributed by atoms with van der Waals surface area (Å²) >= 11 is 0. The zero-order chi connectivity index (χ0) is 4.12. The molecule has 0 N–H and O–H groups in total. The van der Waals surface area contributed by atoms with Crippen molar-refractivity contribution in [3.8, 4) is 0 Å². The van der Waals surface area contributed by atoms with E-state index in [-0.39, 0.29) is 0 Å². The highest BCUT2D eigenvalue weighted by molar-refractivity contribution is 5.22. The highest BCUT2D eigenvalue weighted by atomic mass is 14.9. The molecule has 0 aliphatic rings. The summed E-state index contributed by atoms with van der Waals surface area (Å²) in [5, 5.41) is 0. The first kappa shape index (κ1) is 3.80. The van der Waals surface area contributed by atoms with Crippen molar-refractivity contribution < 1.29 is 9.58 Å². The summed E-state index contributed by atoms with van der Waals surface area (Å²) in [6, 6.07) is 1.47. The van der Waals surface area contributed by atoms with Gasteiger partial charge in [-0.2, -0.15) is 0 Å². The van der Waals surface area contributed by atoms with Crippen LogP contribution in [-0.2, 0) is 0 Å². The number of nitrogens with zero attached hydrogens (tertiary/aromatic N) is 4. The Morgan fingerprint density at radius 1 is 1.20 bits per heavy atom. The second-order valence-electron chi connectivity index (χ2n) is 0.300. The van der Waals surface area contributed by atoms with Gasteiger partial charge in [-0.3, -0.25) is 0 Å². The average molecular weight is 68.0 g/mol. The molecule has 0 aromatic rings. The third kappa shape index (κ3) is 2.80. The summed E-state index contributed by atoms with van der Waals surface area (Å²) in [5.74, 6) is 0. The van der Waals surface area contributed by atoms with Crippen LogP contribution in [0.1, 0.15) is 0 Å². The van der Waals surface area contributed by atoms with E-state index in [1.807, 2.05) is 0 Å². The zero-order valence-electron chi connectivity index (χ0n) is 2.29. The van der Waals surface area contributed by atoms with Crippen molar-refractivity contribution in [1.82, 2.24) is 0 Å². The van der Waals surface area contributed by atoms with E-state index >= 15 is 0 Å². The van der Waals surface area contributed by atoms with Crippen LogP contribution in [0.2, 0.25) is 0 Å². The number of hydrogen-bond donors (Lipinski definition) is 0. The third-order valence-corrected chi connectivity index (χ3v) is 0.0894. The van der Waals surface area contributed by atoms with Crippen LogP contribution in [0, 0.1) is 0 Å². The van der Waals surface area contributed by atoms with Crippen molar-refractivity contribution in [2.45, 2.75) is 0 Å². The van der Waals surface area contributed by atoms with Gasteiger partial charge < -0.3 is 11.1 Å². The molecule has 0 atom stereocenters. The predicted octanol–water partition coefficient (Wildman–Crippen LogP) is -0.380. The summed E-state index contributed by atoms with van der Waals surface area (Å²) in [7, 11) is 0. The summed E-state index contributed by atoms with van der Waals surface area (Å²) in [5.41, 5.74) is 14.7. The SMILES string of the molecule is [N-]=[N+]=C=[N+]=[N-]. The van der Waals surface area contributed by atoms with E-state index in [0.29, 0.717) is 0 Å². The maximum Gasteiger partial charge on any atom is 0.738 e. The first-order valence-corrected chi connectivity index (χ1v) is 0.847. The molecule has 0 aromatic carbocycles. The van der Waals surface area contributed by atoms with Gasteiger partial charge in [-0.1, -0.05) is 0 Å². The summed E-state index contributed by atoms with van der Waals surface area (Å²) in [4.78, 5) is 4.38. The van der Waals surface area contributed by atoms with Crippen LogP contribution in [-0.4, -0.2) is 15.6 Å². The Balaban J connectivity index is 4.38. The molecule has 0 spiro atoms. The van der Waals surface area contributed by atoms with Crippen LogP contribution in [0.5, 0.6) is 0 Å². The van der Waals surface area contributed by atoms with E-state index in [9.17, 15) is 0 Å². The van der Waals surface area contributed by atoms with Gasteiger partial charge in [0.25, 0.3) is 0 Å². The molecule has 0 bridgehead atoms. The quantitative estimate of drug-likeness (QED) is 0.211. The lowest BCUT2D eigenvalue weighted by molar-refractivity contribution is -0.0808. The summed E-state index contributed by atoms with van der Waals surface area (Å²) in [6.07, 6.45) is 0.